The normalized spacial score (nSPS) is 39.1. The molecule has 4 atom stereocenters. The summed E-state index contributed by atoms with van der Waals surface area (Å²) in [6.45, 7) is 6.54. The van der Waals surface area contributed by atoms with Gasteiger partial charge in [-0.3, -0.25) is 9.69 Å². The second-order valence-electron chi connectivity index (χ2n) is 8.54. The fraction of sp³-hybridized carbons (Fsp3) is 0.947. The van der Waals surface area contributed by atoms with Crippen molar-refractivity contribution in [1.82, 2.24) is 14.7 Å². The average molecular weight is 319 g/mol. The van der Waals surface area contributed by atoms with Gasteiger partial charge >= 0.3 is 0 Å². The molecule has 130 valence electrons. The predicted molar refractivity (Wildman–Crippen MR) is 92.2 cm³/mol. The highest BCUT2D eigenvalue weighted by Crippen LogP contribution is 2.48. The fourth-order valence-corrected chi connectivity index (χ4v) is 5.61. The molecule has 0 aromatic heterocycles. The van der Waals surface area contributed by atoms with Crippen LogP contribution in [0.3, 0.4) is 0 Å². The number of hydrogen-bond donors (Lipinski definition) is 0. The van der Waals surface area contributed by atoms with Crippen LogP contribution in [0.1, 0.15) is 44.9 Å². The van der Waals surface area contributed by atoms with E-state index < -0.39 is 0 Å². The smallest absolute Gasteiger partial charge is 0.226 e. The van der Waals surface area contributed by atoms with Crippen LogP contribution in [0.4, 0.5) is 0 Å². The summed E-state index contributed by atoms with van der Waals surface area (Å²) in [6.07, 6.45) is 9.32. The van der Waals surface area contributed by atoms with Crippen molar-refractivity contribution in [2.75, 3.05) is 46.3 Å². The third-order valence-electron chi connectivity index (χ3n) is 7.13. The van der Waals surface area contributed by atoms with Gasteiger partial charge in [0.1, 0.15) is 0 Å². The van der Waals surface area contributed by atoms with Crippen molar-refractivity contribution in [2.45, 2.75) is 51.0 Å². The van der Waals surface area contributed by atoms with Crippen LogP contribution in [0.2, 0.25) is 0 Å². The summed E-state index contributed by atoms with van der Waals surface area (Å²) in [5, 5.41) is 0. The molecule has 2 aliphatic heterocycles. The monoisotopic (exact) mass is 319 g/mol. The zero-order chi connectivity index (χ0) is 15.8. The Bertz CT molecular complexity index is 432. The molecule has 0 aromatic rings. The number of likely N-dealkylation sites (tertiary alicyclic amines) is 1. The highest BCUT2D eigenvalue weighted by atomic mass is 16.2. The summed E-state index contributed by atoms with van der Waals surface area (Å²) < 4.78 is 0. The van der Waals surface area contributed by atoms with Gasteiger partial charge in [-0.1, -0.05) is 12.8 Å². The number of carbonyl (C=O) groups is 1. The fourth-order valence-electron chi connectivity index (χ4n) is 5.61. The molecule has 2 saturated heterocycles. The Hall–Kier alpha value is -0.610. The maximum absolute atomic E-state index is 12.8. The standard InChI is InChI=1S/C19H33N3O/c1-20-7-3-2-4-17(20)14-21-8-10-22(11-9-21)19(23)18-13-15-5-6-16(18)12-15/h15-18H,2-14H2,1H3/t15-,16-,17+,18-/m0/s1. The Morgan fingerprint density at radius 2 is 1.78 bits per heavy atom. The van der Waals surface area contributed by atoms with Crippen molar-refractivity contribution < 1.29 is 4.79 Å². The second-order valence-corrected chi connectivity index (χ2v) is 8.54. The lowest BCUT2D eigenvalue weighted by Crippen LogP contribution is -2.54. The van der Waals surface area contributed by atoms with Crippen LogP contribution >= 0.6 is 0 Å². The second kappa shape index (κ2) is 6.72. The quantitative estimate of drug-likeness (QED) is 0.796. The molecule has 2 heterocycles. The van der Waals surface area contributed by atoms with E-state index in [-0.39, 0.29) is 0 Å². The molecular weight excluding hydrogens is 286 g/mol. The van der Waals surface area contributed by atoms with Gasteiger partial charge in [0.2, 0.25) is 5.91 Å². The average Bonchev–Trinajstić information content (AvgIpc) is 3.20. The van der Waals surface area contributed by atoms with Crippen molar-refractivity contribution >= 4 is 5.91 Å². The van der Waals surface area contributed by atoms with E-state index in [1.165, 1.54) is 58.0 Å². The number of fused-ring (bicyclic) bond motifs is 2. The van der Waals surface area contributed by atoms with Crippen LogP contribution in [0.5, 0.6) is 0 Å². The minimum Gasteiger partial charge on any atom is -0.340 e. The number of carbonyl (C=O) groups excluding carboxylic acids is 1. The largest absolute Gasteiger partial charge is 0.340 e. The topological polar surface area (TPSA) is 26.8 Å². The van der Waals surface area contributed by atoms with Crippen molar-refractivity contribution in [1.29, 1.82) is 0 Å². The van der Waals surface area contributed by atoms with Crippen LogP contribution in [0, 0.1) is 17.8 Å². The number of likely N-dealkylation sites (N-methyl/N-ethyl adjacent to an activating group) is 1. The maximum Gasteiger partial charge on any atom is 0.226 e. The highest BCUT2D eigenvalue weighted by Gasteiger charge is 2.44. The van der Waals surface area contributed by atoms with Gasteiger partial charge in [0, 0.05) is 44.7 Å². The molecule has 4 heteroatoms. The van der Waals surface area contributed by atoms with Gasteiger partial charge in [-0.25, -0.2) is 0 Å². The van der Waals surface area contributed by atoms with E-state index in [0.29, 0.717) is 11.8 Å². The lowest BCUT2D eigenvalue weighted by Gasteiger charge is -2.41. The van der Waals surface area contributed by atoms with E-state index in [1.54, 1.807) is 0 Å². The lowest BCUT2D eigenvalue weighted by molar-refractivity contribution is -0.139. The van der Waals surface area contributed by atoms with Crippen LogP contribution in [0.15, 0.2) is 0 Å². The highest BCUT2D eigenvalue weighted by molar-refractivity contribution is 5.79. The number of rotatable bonds is 3. The van der Waals surface area contributed by atoms with Gasteiger partial charge in [-0.15, -0.1) is 0 Å². The zero-order valence-corrected chi connectivity index (χ0v) is 14.8. The molecule has 2 bridgehead atoms. The molecule has 4 fully saturated rings. The van der Waals surface area contributed by atoms with Crippen LogP contribution in [-0.2, 0) is 4.79 Å². The van der Waals surface area contributed by atoms with Gasteiger partial charge in [0.25, 0.3) is 0 Å². The van der Waals surface area contributed by atoms with Crippen molar-refractivity contribution in [3.05, 3.63) is 0 Å². The molecule has 0 aromatic carbocycles. The minimum absolute atomic E-state index is 0.379. The minimum atomic E-state index is 0.379. The van der Waals surface area contributed by atoms with E-state index in [9.17, 15) is 4.79 Å². The summed E-state index contributed by atoms with van der Waals surface area (Å²) in [7, 11) is 2.28. The molecule has 23 heavy (non-hydrogen) atoms. The molecular formula is C19H33N3O. The number of piperazine rings is 1. The predicted octanol–water partition coefficient (Wildman–Crippen LogP) is 2.05. The lowest BCUT2D eigenvalue weighted by atomic mass is 9.87. The van der Waals surface area contributed by atoms with Gasteiger partial charge in [0.05, 0.1) is 0 Å². The Morgan fingerprint density at radius 3 is 2.43 bits per heavy atom. The SMILES string of the molecule is CN1CCCC[C@@H]1CN1CCN(C(=O)[C@H]2C[C@H]3CC[C@H]2C3)CC1. The summed E-state index contributed by atoms with van der Waals surface area (Å²) in [5.41, 5.74) is 0. The summed E-state index contributed by atoms with van der Waals surface area (Å²) in [5.74, 6) is 2.47. The maximum atomic E-state index is 12.8. The molecule has 0 radical (unpaired) electrons. The molecule has 0 unspecified atom stereocenters. The number of amides is 1. The van der Waals surface area contributed by atoms with E-state index in [2.05, 4.69) is 21.7 Å². The molecule has 0 spiro atoms. The molecule has 1 amide bonds. The first-order valence-electron chi connectivity index (χ1n) is 9.92. The molecule has 4 rings (SSSR count). The van der Waals surface area contributed by atoms with Crippen LogP contribution < -0.4 is 0 Å². The van der Waals surface area contributed by atoms with Crippen molar-refractivity contribution in [3.63, 3.8) is 0 Å². The third-order valence-corrected chi connectivity index (χ3v) is 7.13. The number of hydrogen-bond acceptors (Lipinski definition) is 3. The number of nitrogens with zero attached hydrogens (tertiary/aromatic N) is 3. The van der Waals surface area contributed by atoms with E-state index in [4.69, 9.17) is 0 Å². The molecule has 4 aliphatic rings. The first-order valence-corrected chi connectivity index (χ1v) is 9.92. The molecule has 2 saturated carbocycles. The summed E-state index contributed by atoms with van der Waals surface area (Å²) >= 11 is 0. The number of piperidine rings is 1. The summed E-state index contributed by atoms with van der Waals surface area (Å²) in [4.78, 5) is 20.2. The Kier molecular flexibility index (Phi) is 4.64. The first-order chi connectivity index (χ1) is 11.2. The van der Waals surface area contributed by atoms with Crippen molar-refractivity contribution in [3.8, 4) is 0 Å². The van der Waals surface area contributed by atoms with E-state index in [1.807, 2.05) is 0 Å². The molecule has 4 nitrogen and oxygen atoms in total. The zero-order valence-electron chi connectivity index (χ0n) is 14.8. The van der Waals surface area contributed by atoms with E-state index in [0.717, 1.165) is 44.1 Å². The van der Waals surface area contributed by atoms with Gasteiger partial charge < -0.3 is 9.80 Å². The van der Waals surface area contributed by atoms with E-state index >= 15 is 0 Å². The Labute approximate surface area is 141 Å². The van der Waals surface area contributed by atoms with Gasteiger partial charge in [0.15, 0.2) is 0 Å². The first kappa shape index (κ1) is 15.9. The van der Waals surface area contributed by atoms with Gasteiger partial charge in [-0.05, 0) is 57.5 Å². The molecule has 2 aliphatic carbocycles. The summed E-state index contributed by atoms with van der Waals surface area (Å²) in [6, 6.07) is 0.733. The van der Waals surface area contributed by atoms with Crippen molar-refractivity contribution in [2.24, 2.45) is 17.8 Å². The Morgan fingerprint density at radius 1 is 0.957 bits per heavy atom. The Balaban J connectivity index is 1.25. The third kappa shape index (κ3) is 3.30. The molecule has 0 N–H and O–H groups in total. The van der Waals surface area contributed by atoms with Crippen LogP contribution in [0.25, 0.3) is 0 Å². The van der Waals surface area contributed by atoms with Gasteiger partial charge in [-0.2, -0.15) is 0 Å². The van der Waals surface area contributed by atoms with Crippen LogP contribution in [-0.4, -0.2) is 73.0 Å².